The molecule has 18 heavy (non-hydrogen) atoms. The summed E-state index contributed by atoms with van der Waals surface area (Å²) in [6, 6.07) is 10.0. The first-order valence-corrected chi connectivity index (χ1v) is 5.51. The summed E-state index contributed by atoms with van der Waals surface area (Å²) in [5.74, 6) is 0.903. The van der Waals surface area contributed by atoms with Crippen LogP contribution in [-0.2, 0) is 0 Å². The number of nitrogens with two attached hydrogens (primary N) is 1. The molecular weight excluding hydrogens is 226 g/mol. The van der Waals surface area contributed by atoms with E-state index in [-0.39, 0.29) is 0 Å². The van der Waals surface area contributed by atoms with Crippen LogP contribution < -0.4 is 5.73 Å². The molecule has 0 fully saturated rings. The molecule has 88 valence electrons. The third kappa shape index (κ3) is 1.82. The maximum atomic E-state index is 5.77. The molecule has 1 aromatic carbocycles. The van der Waals surface area contributed by atoms with Crippen molar-refractivity contribution in [2.75, 3.05) is 5.73 Å². The second-order valence-electron chi connectivity index (χ2n) is 3.80. The summed E-state index contributed by atoms with van der Waals surface area (Å²) in [6.45, 7) is 0. The maximum Gasteiger partial charge on any atom is 0.196 e. The van der Waals surface area contributed by atoms with Gasteiger partial charge in [-0.25, -0.2) is 14.6 Å². The van der Waals surface area contributed by atoms with E-state index in [9.17, 15) is 0 Å². The van der Waals surface area contributed by atoms with Gasteiger partial charge in [0.2, 0.25) is 0 Å². The fraction of sp³-hybridized carbons (Fsp3) is 0. The molecular formula is C13H11N5. The number of rotatable bonds is 2. The van der Waals surface area contributed by atoms with Crippen LogP contribution in [0.25, 0.3) is 16.9 Å². The highest BCUT2D eigenvalue weighted by atomic mass is 15.3. The summed E-state index contributed by atoms with van der Waals surface area (Å²) < 4.78 is 1.63. The van der Waals surface area contributed by atoms with Crippen LogP contribution >= 0.6 is 0 Å². The van der Waals surface area contributed by atoms with Gasteiger partial charge in [0.15, 0.2) is 11.6 Å². The minimum atomic E-state index is 0.361. The van der Waals surface area contributed by atoms with E-state index < -0.39 is 0 Å². The molecule has 0 radical (unpaired) electrons. The lowest BCUT2D eigenvalue weighted by molar-refractivity contribution is 0.842. The molecule has 2 N–H and O–H groups in total. The highest BCUT2D eigenvalue weighted by molar-refractivity contribution is 5.62. The van der Waals surface area contributed by atoms with Crippen LogP contribution in [0.4, 0.5) is 5.82 Å². The molecule has 3 rings (SSSR count). The van der Waals surface area contributed by atoms with Crippen molar-refractivity contribution in [2.24, 2.45) is 0 Å². The number of aromatic nitrogens is 4. The van der Waals surface area contributed by atoms with E-state index in [2.05, 4.69) is 15.1 Å². The van der Waals surface area contributed by atoms with Gasteiger partial charge in [0, 0.05) is 24.2 Å². The van der Waals surface area contributed by atoms with E-state index in [1.54, 1.807) is 23.3 Å². The third-order valence-electron chi connectivity index (χ3n) is 2.61. The van der Waals surface area contributed by atoms with Gasteiger partial charge in [-0.15, -0.1) is 0 Å². The van der Waals surface area contributed by atoms with Crippen LogP contribution in [-0.4, -0.2) is 19.7 Å². The molecule has 2 aromatic heterocycles. The van der Waals surface area contributed by atoms with E-state index >= 15 is 0 Å². The zero-order valence-corrected chi connectivity index (χ0v) is 9.56. The quantitative estimate of drug-likeness (QED) is 0.739. The molecule has 5 heteroatoms. The Morgan fingerprint density at radius 1 is 0.944 bits per heavy atom. The van der Waals surface area contributed by atoms with Crippen LogP contribution in [0.2, 0.25) is 0 Å². The van der Waals surface area contributed by atoms with E-state index in [1.807, 2.05) is 36.5 Å². The van der Waals surface area contributed by atoms with Gasteiger partial charge >= 0.3 is 0 Å². The summed E-state index contributed by atoms with van der Waals surface area (Å²) in [5, 5.41) is 4.26. The van der Waals surface area contributed by atoms with Gasteiger partial charge in [-0.1, -0.05) is 30.3 Å². The molecule has 0 bridgehead atoms. The van der Waals surface area contributed by atoms with Crippen molar-refractivity contribution in [2.45, 2.75) is 0 Å². The van der Waals surface area contributed by atoms with Crippen molar-refractivity contribution in [1.29, 1.82) is 0 Å². The van der Waals surface area contributed by atoms with Crippen LogP contribution in [0.5, 0.6) is 0 Å². The topological polar surface area (TPSA) is 69.6 Å². The van der Waals surface area contributed by atoms with Gasteiger partial charge in [0.25, 0.3) is 0 Å². The van der Waals surface area contributed by atoms with Crippen molar-refractivity contribution in [3.63, 3.8) is 0 Å². The first kappa shape index (κ1) is 10.5. The Morgan fingerprint density at radius 3 is 2.50 bits per heavy atom. The highest BCUT2D eigenvalue weighted by Crippen LogP contribution is 2.19. The standard InChI is InChI=1S/C13H11N5/c14-12-13(16-7-6-15-12)18-9-11(8-17-18)10-4-2-1-3-5-10/h1-9H,(H2,14,15). The zero-order valence-electron chi connectivity index (χ0n) is 9.56. The fourth-order valence-corrected chi connectivity index (χ4v) is 1.74. The normalized spacial score (nSPS) is 10.4. The van der Waals surface area contributed by atoms with E-state index in [1.165, 1.54) is 0 Å². The van der Waals surface area contributed by atoms with Crippen molar-refractivity contribution < 1.29 is 0 Å². The molecule has 0 aliphatic heterocycles. The summed E-state index contributed by atoms with van der Waals surface area (Å²) in [6.07, 6.45) is 6.81. The predicted molar refractivity (Wildman–Crippen MR) is 69.0 cm³/mol. The molecule has 0 amide bonds. The fourth-order valence-electron chi connectivity index (χ4n) is 1.74. The molecule has 2 heterocycles. The lowest BCUT2D eigenvalue weighted by Gasteiger charge is -2.01. The first-order valence-electron chi connectivity index (χ1n) is 5.51. The Labute approximate surface area is 104 Å². The third-order valence-corrected chi connectivity index (χ3v) is 2.61. The SMILES string of the molecule is Nc1nccnc1-n1cc(-c2ccccc2)cn1. The molecule has 0 aliphatic rings. The Morgan fingerprint density at radius 2 is 1.72 bits per heavy atom. The van der Waals surface area contributed by atoms with E-state index in [0.29, 0.717) is 11.6 Å². The molecule has 0 saturated carbocycles. The van der Waals surface area contributed by atoms with Crippen LogP contribution in [0.1, 0.15) is 0 Å². The minimum Gasteiger partial charge on any atom is -0.381 e. The van der Waals surface area contributed by atoms with Crippen molar-refractivity contribution >= 4 is 5.82 Å². The largest absolute Gasteiger partial charge is 0.381 e. The van der Waals surface area contributed by atoms with Crippen molar-refractivity contribution in [3.05, 3.63) is 55.1 Å². The number of hydrogen-bond donors (Lipinski definition) is 1. The number of hydrogen-bond acceptors (Lipinski definition) is 4. The zero-order chi connectivity index (χ0) is 12.4. The summed E-state index contributed by atoms with van der Waals surface area (Å²) >= 11 is 0. The second kappa shape index (κ2) is 4.29. The van der Waals surface area contributed by atoms with Gasteiger partial charge in [-0.2, -0.15) is 5.10 Å². The Kier molecular flexibility index (Phi) is 2.49. The lowest BCUT2D eigenvalue weighted by Crippen LogP contribution is -2.04. The molecule has 5 nitrogen and oxygen atoms in total. The number of nitrogens with zero attached hydrogens (tertiary/aromatic N) is 4. The van der Waals surface area contributed by atoms with E-state index in [0.717, 1.165) is 11.1 Å². The van der Waals surface area contributed by atoms with Gasteiger partial charge in [0.05, 0.1) is 6.20 Å². The molecule has 0 aliphatic carbocycles. The molecule has 3 aromatic rings. The number of anilines is 1. The summed E-state index contributed by atoms with van der Waals surface area (Å²) in [4.78, 5) is 8.16. The number of nitrogen functional groups attached to an aromatic ring is 1. The average molecular weight is 237 g/mol. The van der Waals surface area contributed by atoms with Crippen molar-refractivity contribution in [3.8, 4) is 16.9 Å². The van der Waals surface area contributed by atoms with Gasteiger partial charge in [-0.3, -0.25) is 0 Å². The molecule has 0 spiro atoms. The maximum absolute atomic E-state index is 5.77. The van der Waals surface area contributed by atoms with E-state index in [4.69, 9.17) is 5.73 Å². The molecule has 0 atom stereocenters. The first-order chi connectivity index (χ1) is 8.84. The van der Waals surface area contributed by atoms with Gasteiger partial charge < -0.3 is 5.73 Å². The monoisotopic (exact) mass is 237 g/mol. The van der Waals surface area contributed by atoms with Crippen LogP contribution in [0.15, 0.2) is 55.1 Å². The van der Waals surface area contributed by atoms with Crippen LogP contribution in [0.3, 0.4) is 0 Å². The summed E-state index contributed by atoms with van der Waals surface area (Å²) in [7, 11) is 0. The number of benzene rings is 1. The van der Waals surface area contributed by atoms with Gasteiger partial charge in [-0.05, 0) is 5.56 Å². The highest BCUT2D eigenvalue weighted by Gasteiger charge is 2.07. The molecule has 0 unspecified atom stereocenters. The summed E-state index contributed by atoms with van der Waals surface area (Å²) in [5.41, 5.74) is 7.88. The Balaban J connectivity index is 2.03. The van der Waals surface area contributed by atoms with Crippen LogP contribution in [0, 0.1) is 0 Å². The smallest absolute Gasteiger partial charge is 0.196 e. The Hall–Kier alpha value is -2.69. The van der Waals surface area contributed by atoms with Crippen molar-refractivity contribution in [1.82, 2.24) is 19.7 Å². The predicted octanol–water partition coefficient (Wildman–Crippen LogP) is 1.91. The minimum absolute atomic E-state index is 0.361. The second-order valence-corrected chi connectivity index (χ2v) is 3.80. The Bertz CT molecular complexity index is 660. The van der Waals surface area contributed by atoms with Gasteiger partial charge in [0.1, 0.15) is 0 Å². The average Bonchev–Trinajstić information content (AvgIpc) is 2.90. The lowest BCUT2D eigenvalue weighted by atomic mass is 10.1. The molecule has 0 saturated heterocycles.